The Bertz CT molecular complexity index is 595. The molecular weight excluding hydrogens is 264 g/mol. The molecule has 3 nitrogen and oxygen atoms in total. The number of rotatable bonds is 4. The quantitative estimate of drug-likeness (QED) is 0.933. The molecule has 1 heterocycles. The van der Waals surface area contributed by atoms with E-state index in [-0.39, 0.29) is 6.10 Å². The number of benzene rings is 2. The van der Waals surface area contributed by atoms with E-state index in [4.69, 9.17) is 9.47 Å². The Hall–Kier alpha value is -2.00. The van der Waals surface area contributed by atoms with Gasteiger partial charge in [-0.05, 0) is 36.6 Å². The summed E-state index contributed by atoms with van der Waals surface area (Å²) in [6.45, 7) is 0. The predicted molar refractivity (Wildman–Crippen MR) is 81.7 cm³/mol. The van der Waals surface area contributed by atoms with Gasteiger partial charge in [-0.25, -0.2) is 0 Å². The highest BCUT2D eigenvalue weighted by Gasteiger charge is 2.27. The number of hydrogen-bond donors (Lipinski definition) is 1. The van der Waals surface area contributed by atoms with E-state index in [1.807, 2.05) is 36.4 Å². The molecule has 0 amide bonds. The molecule has 0 bridgehead atoms. The van der Waals surface area contributed by atoms with Crippen LogP contribution in [0.4, 0.5) is 0 Å². The van der Waals surface area contributed by atoms with Crippen LogP contribution in [0.3, 0.4) is 0 Å². The van der Waals surface area contributed by atoms with Gasteiger partial charge < -0.3 is 14.6 Å². The lowest BCUT2D eigenvalue weighted by molar-refractivity contribution is 0.0617. The highest BCUT2D eigenvalue weighted by Crippen LogP contribution is 2.38. The second-order valence-corrected chi connectivity index (χ2v) is 5.42. The van der Waals surface area contributed by atoms with Crippen molar-refractivity contribution in [1.29, 1.82) is 0 Å². The Balaban J connectivity index is 1.67. The lowest BCUT2D eigenvalue weighted by Gasteiger charge is -2.30. The van der Waals surface area contributed by atoms with Crippen molar-refractivity contribution in [1.82, 2.24) is 0 Å². The fourth-order valence-corrected chi connectivity index (χ4v) is 2.77. The molecule has 0 fully saturated rings. The standard InChI is InChI=1S/C18H20O3/c1-20-14-9-10-18-16(11-14)17(19)12-15(21-18)8-7-13-5-3-2-4-6-13/h2-6,9-11,15,17,19H,7-8,12H2,1H3. The number of hydrogen-bond acceptors (Lipinski definition) is 3. The van der Waals surface area contributed by atoms with Crippen LogP contribution in [-0.4, -0.2) is 18.3 Å². The topological polar surface area (TPSA) is 38.7 Å². The number of methoxy groups -OCH3 is 1. The van der Waals surface area contributed by atoms with Gasteiger partial charge in [0.2, 0.25) is 0 Å². The molecule has 1 aliphatic rings. The number of aliphatic hydroxyl groups excluding tert-OH is 1. The van der Waals surface area contributed by atoms with Crippen molar-refractivity contribution in [3.63, 3.8) is 0 Å². The molecule has 0 aromatic heterocycles. The van der Waals surface area contributed by atoms with E-state index < -0.39 is 6.10 Å². The van der Waals surface area contributed by atoms with Crippen LogP contribution in [0.25, 0.3) is 0 Å². The van der Waals surface area contributed by atoms with Crippen molar-refractivity contribution >= 4 is 0 Å². The fraction of sp³-hybridized carbons (Fsp3) is 0.333. The molecule has 2 aromatic rings. The van der Waals surface area contributed by atoms with Crippen molar-refractivity contribution in [3.05, 3.63) is 59.7 Å². The van der Waals surface area contributed by atoms with Gasteiger partial charge in [0, 0.05) is 12.0 Å². The van der Waals surface area contributed by atoms with Crippen LogP contribution in [0.5, 0.6) is 11.5 Å². The molecule has 110 valence electrons. The third-order valence-electron chi connectivity index (χ3n) is 3.95. The van der Waals surface area contributed by atoms with Crippen molar-refractivity contribution in [3.8, 4) is 11.5 Å². The number of fused-ring (bicyclic) bond motifs is 1. The van der Waals surface area contributed by atoms with Crippen LogP contribution >= 0.6 is 0 Å². The third-order valence-corrected chi connectivity index (χ3v) is 3.95. The molecule has 0 saturated carbocycles. The summed E-state index contributed by atoms with van der Waals surface area (Å²) in [6, 6.07) is 16.0. The molecule has 2 aromatic carbocycles. The van der Waals surface area contributed by atoms with Gasteiger partial charge >= 0.3 is 0 Å². The van der Waals surface area contributed by atoms with Gasteiger partial charge in [0.05, 0.1) is 13.2 Å². The van der Waals surface area contributed by atoms with E-state index in [1.54, 1.807) is 7.11 Å². The number of aryl methyl sites for hydroxylation is 1. The minimum atomic E-state index is -0.482. The molecule has 3 heteroatoms. The molecule has 0 radical (unpaired) electrons. The molecule has 0 saturated heterocycles. The van der Waals surface area contributed by atoms with E-state index in [0.717, 1.165) is 29.9 Å². The maximum Gasteiger partial charge on any atom is 0.125 e. The fourth-order valence-electron chi connectivity index (χ4n) is 2.77. The van der Waals surface area contributed by atoms with E-state index in [0.29, 0.717) is 6.42 Å². The van der Waals surface area contributed by atoms with Crippen molar-refractivity contribution < 1.29 is 14.6 Å². The first-order chi connectivity index (χ1) is 10.3. The Morgan fingerprint density at radius 1 is 1.19 bits per heavy atom. The zero-order chi connectivity index (χ0) is 14.7. The second-order valence-electron chi connectivity index (χ2n) is 5.42. The number of aliphatic hydroxyl groups is 1. The molecule has 1 aliphatic heterocycles. The van der Waals surface area contributed by atoms with Gasteiger partial charge in [-0.1, -0.05) is 30.3 Å². The van der Waals surface area contributed by atoms with Gasteiger partial charge in [-0.3, -0.25) is 0 Å². The van der Waals surface area contributed by atoms with Crippen molar-refractivity contribution in [2.75, 3.05) is 7.11 Å². The molecule has 3 rings (SSSR count). The lowest BCUT2D eigenvalue weighted by Crippen LogP contribution is -2.26. The normalized spacial score (nSPS) is 20.5. The summed E-state index contributed by atoms with van der Waals surface area (Å²) < 4.78 is 11.2. The van der Waals surface area contributed by atoms with Gasteiger partial charge in [0.1, 0.15) is 17.6 Å². The Labute approximate surface area is 125 Å². The highest BCUT2D eigenvalue weighted by atomic mass is 16.5. The van der Waals surface area contributed by atoms with Gasteiger partial charge in [-0.2, -0.15) is 0 Å². The van der Waals surface area contributed by atoms with E-state index in [2.05, 4.69) is 12.1 Å². The summed E-state index contributed by atoms with van der Waals surface area (Å²) in [4.78, 5) is 0. The van der Waals surface area contributed by atoms with E-state index in [1.165, 1.54) is 5.56 Å². The van der Waals surface area contributed by atoms with Crippen LogP contribution in [0.1, 0.15) is 30.1 Å². The van der Waals surface area contributed by atoms with Crippen LogP contribution in [0.15, 0.2) is 48.5 Å². The predicted octanol–water partition coefficient (Wildman–Crippen LogP) is 3.51. The first-order valence-corrected chi connectivity index (χ1v) is 7.33. The Morgan fingerprint density at radius 2 is 2.00 bits per heavy atom. The molecule has 2 unspecified atom stereocenters. The van der Waals surface area contributed by atoms with Crippen LogP contribution in [0, 0.1) is 0 Å². The van der Waals surface area contributed by atoms with Crippen molar-refractivity contribution in [2.24, 2.45) is 0 Å². The maximum atomic E-state index is 10.3. The number of ether oxygens (including phenoxy) is 2. The maximum absolute atomic E-state index is 10.3. The van der Waals surface area contributed by atoms with Crippen LogP contribution in [0.2, 0.25) is 0 Å². The first-order valence-electron chi connectivity index (χ1n) is 7.33. The van der Waals surface area contributed by atoms with E-state index >= 15 is 0 Å². The van der Waals surface area contributed by atoms with Crippen LogP contribution < -0.4 is 9.47 Å². The summed E-state index contributed by atoms with van der Waals surface area (Å²) in [5, 5.41) is 10.3. The average Bonchev–Trinajstić information content (AvgIpc) is 2.54. The molecule has 0 aliphatic carbocycles. The average molecular weight is 284 g/mol. The molecule has 21 heavy (non-hydrogen) atoms. The zero-order valence-corrected chi connectivity index (χ0v) is 12.2. The summed E-state index contributed by atoms with van der Waals surface area (Å²) >= 11 is 0. The monoisotopic (exact) mass is 284 g/mol. The van der Waals surface area contributed by atoms with Crippen LogP contribution in [-0.2, 0) is 6.42 Å². The Kier molecular flexibility index (Phi) is 4.11. The first kappa shape index (κ1) is 14.0. The van der Waals surface area contributed by atoms with Gasteiger partial charge in [0.25, 0.3) is 0 Å². The SMILES string of the molecule is COc1ccc2c(c1)C(O)CC(CCc1ccccc1)O2. The van der Waals surface area contributed by atoms with E-state index in [9.17, 15) is 5.11 Å². The lowest BCUT2D eigenvalue weighted by atomic mass is 9.95. The summed E-state index contributed by atoms with van der Waals surface area (Å²) in [7, 11) is 1.63. The minimum absolute atomic E-state index is 0.0566. The van der Waals surface area contributed by atoms with Crippen molar-refractivity contribution in [2.45, 2.75) is 31.5 Å². The molecule has 2 atom stereocenters. The van der Waals surface area contributed by atoms with Gasteiger partial charge in [-0.15, -0.1) is 0 Å². The molecule has 0 spiro atoms. The van der Waals surface area contributed by atoms with Gasteiger partial charge in [0.15, 0.2) is 0 Å². The Morgan fingerprint density at radius 3 is 2.76 bits per heavy atom. The zero-order valence-electron chi connectivity index (χ0n) is 12.2. The smallest absolute Gasteiger partial charge is 0.125 e. The second kappa shape index (κ2) is 6.19. The summed E-state index contributed by atoms with van der Waals surface area (Å²) in [6.07, 6.45) is 2.08. The largest absolute Gasteiger partial charge is 0.497 e. The minimum Gasteiger partial charge on any atom is -0.497 e. The summed E-state index contributed by atoms with van der Waals surface area (Å²) in [5.41, 5.74) is 2.13. The molecular formula is C18H20O3. The molecule has 1 N–H and O–H groups in total. The highest BCUT2D eigenvalue weighted by molar-refractivity contribution is 5.43. The summed E-state index contributed by atoms with van der Waals surface area (Å²) in [5.74, 6) is 1.52. The third kappa shape index (κ3) is 3.19.